The van der Waals surface area contributed by atoms with Crippen LogP contribution in [0.15, 0.2) is 72.8 Å². The number of benzene rings is 3. The summed E-state index contributed by atoms with van der Waals surface area (Å²) in [5.41, 5.74) is 5.04. The first-order valence-corrected chi connectivity index (χ1v) is 12.1. The van der Waals surface area contributed by atoms with Crippen molar-refractivity contribution in [3.63, 3.8) is 0 Å². The Labute approximate surface area is 191 Å². The van der Waals surface area contributed by atoms with E-state index in [0.717, 1.165) is 17.7 Å². The molecule has 2 aliphatic rings. The molecule has 0 saturated carbocycles. The number of aromatic hydroxyl groups is 1. The number of aryl methyl sites for hydroxylation is 1. The lowest BCUT2D eigenvalue weighted by atomic mass is 9.75. The summed E-state index contributed by atoms with van der Waals surface area (Å²) in [7, 11) is 0. The van der Waals surface area contributed by atoms with Crippen LogP contribution in [0.5, 0.6) is 11.5 Å². The van der Waals surface area contributed by atoms with Crippen LogP contribution >= 0.6 is 0 Å². The van der Waals surface area contributed by atoms with Crippen molar-refractivity contribution in [2.24, 2.45) is 0 Å². The molecule has 32 heavy (non-hydrogen) atoms. The van der Waals surface area contributed by atoms with Gasteiger partial charge in [0.2, 0.25) is 0 Å². The quantitative estimate of drug-likeness (QED) is 0.514. The summed E-state index contributed by atoms with van der Waals surface area (Å²) in [6, 6.07) is 25.3. The topological polar surface area (TPSA) is 32.7 Å². The van der Waals surface area contributed by atoms with E-state index in [2.05, 4.69) is 59.5 Å². The third kappa shape index (κ3) is 4.68. The fourth-order valence-corrected chi connectivity index (χ4v) is 5.39. The van der Waals surface area contributed by atoms with Crippen molar-refractivity contribution in [3.8, 4) is 11.5 Å². The van der Waals surface area contributed by atoms with Gasteiger partial charge >= 0.3 is 0 Å². The maximum atomic E-state index is 10.2. The number of hydrogen-bond acceptors (Lipinski definition) is 3. The van der Waals surface area contributed by atoms with Gasteiger partial charge in [0.25, 0.3) is 0 Å². The molecule has 1 N–H and O–H groups in total. The molecule has 0 amide bonds. The summed E-state index contributed by atoms with van der Waals surface area (Å²) >= 11 is 0. The first-order chi connectivity index (χ1) is 15.8. The molecule has 5 rings (SSSR count). The maximum absolute atomic E-state index is 10.2. The highest BCUT2D eigenvalue weighted by atomic mass is 16.5. The van der Waals surface area contributed by atoms with Crippen LogP contribution in [0.25, 0.3) is 0 Å². The summed E-state index contributed by atoms with van der Waals surface area (Å²) in [6.45, 7) is 4.40. The van der Waals surface area contributed by atoms with Crippen LogP contribution in [0.2, 0.25) is 0 Å². The molecule has 1 unspecified atom stereocenters. The number of hydrogen-bond donors (Lipinski definition) is 1. The molecule has 2 atom stereocenters. The number of rotatable bonds is 6. The molecule has 0 spiro atoms. The third-order valence-corrected chi connectivity index (χ3v) is 7.10. The smallest absolute Gasteiger partial charge is 0.123 e. The molecule has 2 heterocycles. The SMILES string of the molecule is Oc1ccc2c(c1)C(c1ccc(CCCN3CCCCC3)cc1)[C@@H](c1ccccc1)CO2. The maximum Gasteiger partial charge on any atom is 0.123 e. The summed E-state index contributed by atoms with van der Waals surface area (Å²) in [4.78, 5) is 2.62. The predicted molar refractivity (Wildman–Crippen MR) is 130 cm³/mol. The van der Waals surface area contributed by atoms with E-state index in [-0.39, 0.29) is 11.8 Å². The van der Waals surface area contributed by atoms with Gasteiger partial charge in [-0.15, -0.1) is 0 Å². The minimum absolute atomic E-state index is 0.163. The number of ether oxygens (including phenoxy) is 1. The second-order valence-corrected chi connectivity index (χ2v) is 9.28. The minimum Gasteiger partial charge on any atom is -0.508 e. The van der Waals surface area contributed by atoms with E-state index in [1.54, 1.807) is 6.07 Å². The molecule has 1 fully saturated rings. The van der Waals surface area contributed by atoms with Crippen molar-refractivity contribution in [2.45, 2.75) is 43.9 Å². The lowest BCUT2D eigenvalue weighted by Crippen LogP contribution is -2.30. The first kappa shape index (κ1) is 21.1. The molecule has 3 aromatic rings. The minimum atomic E-state index is 0.163. The van der Waals surface area contributed by atoms with Gasteiger partial charge in [0.1, 0.15) is 11.5 Å². The van der Waals surface area contributed by atoms with Gasteiger partial charge in [0, 0.05) is 17.4 Å². The second kappa shape index (κ2) is 9.79. The average molecular weight is 428 g/mol. The van der Waals surface area contributed by atoms with Crippen molar-refractivity contribution < 1.29 is 9.84 Å². The van der Waals surface area contributed by atoms with E-state index >= 15 is 0 Å². The van der Waals surface area contributed by atoms with E-state index in [0.29, 0.717) is 12.4 Å². The number of fused-ring (bicyclic) bond motifs is 1. The molecular weight excluding hydrogens is 394 g/mol. The number of phenols is 1. The Morgan fingerprint density at radius 1 is 0.844 bits per heavy atom. The zero-order valence-electron chi connectivity index (χ0n) is 18.7. The number of piperidine rings is 1. The average Bonchev–Trinajstić information content (AvgIpc) is 2.85. The molecular formula is C29H33NO2. The fraction of sp³-hybridized carbons (Fsp3) is 0.379. The zero-order valence-corrected chi connectivity index (χ0v) is 18.7. The molecule has 3 nitrogen and oxygen atoms in total. The van der Waals surface area contributed by atoms with Gasteiger partial charge in [-0.2, -0.15) is 0 Å². The lowest BCUT2D eigenvalue weighted by molar-refractivity contribution is 0.226. The van der Waals surface area contributed by atoms with Crippen molar-refractivity contribution >= 4 is 0 Å². The van der Waals surface area contributed by atoms with Crippen LogP contribution in [0.1, 0.15) is 59.8 Å². The van der Waals surface area contributed by atoms with E-state index in [1.807, 2.05) is 12.1 Å². The van der Waals surface area contributed by atoms with Crippen molar-refractivity contribution in [3.05, 3.63) is 95.1 Å². The van der Waals surface area contributed by atoms with Gasteiger partial charge < -0.3 is 14.7 Å². The lowest BCUT2D eigenvalue weighted by Gasteiger charge is -2.34. The number of likely N-dealkylation sites (tertiary alicyclic amines) is 1. The van der Waals surface area contributed by atoms with Gasteiger partial charge in [-0.3, -0.25) is 0 Å². The van der Waals surface area contributed by atoms with E-state index in [1.165, 1.54) is 62.0 Å². The Morgan fingerprint density at radius 3 is 2.41 bits per heavy atom. The summed E-state index contributed by atoms with van der Waals surface area (Å²) < 4.78 is 6.12. The Kier molecular flexibility index (Phi) is 6.45. The Hall–Kier alpha value is -2.78. The third-order valence-electron chi connectivity index (χ3n) is 7.10. The Balaban J connectivity index is 1.36. The van der Waals surface area contributed by atoms with Crippen LogP contribution in [0.3, 0.4) is 0 Å². The molecule has 0 radical (unpaired) electrons. The van der Waals surface area contributed by atoms with Gasteiger partial charge in [-0.1, -0.05) is 61.0 Å². The molecule has 3 aromatic carbocycles. The van der Waals surface area contributed by atoms with Crippen LogP contribution < -0.4 is 4.74 Å². The van der Waals surface area contributed by atoms with Gasteiger partial charge in [0.15, 0.2) is 0 Å². The van der Waals surface area contributed by atoms with Crippen LogP contribution in [0, 0.1) is 0 Å². The van der Waals surface area contributed by atoms with Crippen molar-refractivity contribution in [1.82, 2.24) is 4.90 Å². The second-order valence-electron chi connectivity index (χ2n) is 9.28. The summed E-state index contributed by atoms with van der Waals surface area (Å²) in [5.74, 6) is 1.55. The molecule has 2 aliphatic heterocycles. The number of phenolic OH excluding ortho intramolecular Hbond substituents is 1. The first-order valence-electron chi connectivity index (χ1n) is 12.1. The molecule has 0 aromatic heterocycles. The fourth-order valence-electron chi connectivity index (χ4n) is 5.39. The molecule has 3 heteroatoms. The van der Waals surface area contributed by atoms with Crippen molar-refractivity contribution in [1.29, 1.82) is 0 Å². The molecule has 1 saturated heterocycles. The molecule has 166 valence electrons. The van der Waals surface area contributed by atoms with E-state index in [4.69, 9.17) is 4.74 Å². The standard InChI is InChI=1S/C29H33NO2/c31-25-15-16-28-26(20-25)29(27(21-32-28)23-9-3-1-4-10-23)24-13-11-22(12-14-24)8-7-19-30-17-5-2-6-18-30/h1,3-4,9-16,20,27,29,31H,2,5-8,17-19,21H2/t27-,29?/m1/s1. The Bertz CT molecular complexity index is 1010. The number of nitrogens with zero attached hydrogens (tertiary/aromatic N) is 1. The molecule has 0 bridgehead atoms. The zero-order chi connectivity index (χ0) is 21.8. The van der Waals surface area contributed by atoms with Gasteiger partial charge in [-0.25, -0.2) is 0 Å². The predicted octanol–water partition coefficient (Wildman–Crippen LogP) is 6.12. The highest BCUT2D eigenvalue weighted by Crippen LogP contribution is 2.46. The van der Waals surface area contributed by atoms with Crippen molar-refractivity contribution in [2.75, 3.05) is 26.2 Å². The largest absolute Gasteiger partial charge is 0.508 e. The highest BCUT2D eigenvalue weighted by molar-refractivity contribution is 5.50. The van der Waals surface area contributed by atoms with Gasteiger partial charge in [0.05, 0.1) is 6.61 Å². The van der Waals surface area contributed by atoms with Crippen LogP contribution in [0.4, 0.5) is 0 Å². The normalized spacial score (nSPS) is 21.0. The van der Waals surface area contributed by atoms with E-state index < -0.39 is 0 Å². The van der Waals surface area contributed by atoms with Crippen LogP contribution in [-0.2, 0) is 6.42 Å². The summed E-state index contributed by atoms with van der Waals surface area (Å²) in [5, 5.41) is 10.2. The molecule has 0 aliphatic carbocycles. The highest BCUT2D eigenvalue weighted by Gasteiger charge is 2.33. The monoisotopic (exact) mass is 427 g/mol. The Morgan fingerprint density at radius 2 is 1.62 bits per heavy atom. The van der Waals surface area contributed by atoms with E-state index in [9.17, 15) is 5.11 Å². The van der Waals surface area contributed by atoms with Gasteiger partial charge in [-0.05, 0) is 80.2 Å². The van der Waals surface area contributed by atoms with Crippen LogP contribution in [-0.4, -0.2) is 36.2 Å². The summed E-state index contributed by atoms with van der Waals surface area (Å²) in [6.07, 6.45) is 6.47.